The summed E-state index contributed by atoms with van der Waals surface area (Å²) in [5, 5.41) is 0. The minimum Gasteiger partial charge on any atom is -0.494 e. The minimum atomic E-state index is -0.501. The molecule has 0 aliphatic heterocycles. The van der Waals surface area contributed by atoms with Gasteiger partial charge in [-0.2, -0.15) is 0 Å². The van der Waals surface area contributed by atoms with Crippen molar-refractivity contribution in [3.05, 3.63) is 48.0 Å². The number of anilines is 1. The fourth-order valence-electron chi connectivity index (χ4n) is 1.42. The topological polar surface area (TPSA) is 35.2 Å². The van der Waals surface area contributed by atoms with Gasteiger partial charge in [0.15, 0.2) is 11.6 Å². The Balaban J connectivity index is 2.31. The first-order valence-corrected chi connectivity index (χ1v) is 5.98. The quantitative estimate of drug-likeness (QED) is 0.861. The molecule has 0 atom stereocenters. The summed E-state index contributed by atoms with van der Waals surface area (Å²) in [6, 6.07) is 8.73. The van der Waals surface area contributed by atoms with Gasteiger partial charge in [-0.15, -0.1) is 0 Å². The average Bonchev–Trinajstić information content (AvgIpc) is 2.35. The molecule has 0 aliphatic carbocycles. The molecule has 0 amide bonds. The highest BCUT2D eigenvalue weighted by atomic mass is 32.2. The van der Waals surface area contributed by atoms with Gasteiger partial charge in [-0.25, -0.2) is 8.78 Å². The number of benzene rings is 2. The van der Waals surface area contributed by atoms with E-state index in [-0.39, 0.29) is 11.6 Å². The van der Waals surface area contributed by atoms with Crippen molar-refractivity contribution in [2.75, 3.05) is 12.8 Å². The number of ether oxygens (including phenoxy) is 1. The van der Waals surface area contributed by atoms with Crippen LogP contribution in [0.15, 0.2) is 46.2 Å². The van der Waals surface area contributed by atoms with Gasteiger partial charge in [0.2, 0.25) is 0 Å². The van der Waals surface area contributed by atoms with Crippen molar-refractivity contribution in [3.8, 4) is 5.75 Å². The predicted molar refractivity (Wildman–Crippen MR) is 67.9 cm³/mol. The van der Waals surface area contributed by atoms with Crippen LogP contribution in [0.3, 0.4) is 0 Å². The second-order valence-corrected chi connectivity index (χ2v) is 4.70. The molecule has 94 valence electrons. The van der Waals surface area contributed by atoms with Crippen molar-refractivity contribution >= 4 is 17.4 Å². The lowest BCUT2D eigenvalue weighted by atomic mass is 10.3. The van der Waals surface area contributed by atoms with Crippen molar-refractivity contribution < 1.29 is 13.5 Å². The summed E-state index contributed by atoms with van der Waals surface area (Å²) in [7, 11) is 1.39. The molecule has 0 heterocycles. The van der Waals surface area contributed by atoms with Crippen LogP contribution in [-0.4, -0.2) is 7.11 Å². The van der Waals surface area contributed by atoms with E-state index in [0.29, 0.717) is 10.6 Å². The SMILES string of the molecule is COc1cc(Sc2ccc(F)cc2)c(N)cc1F. The van der Waals surface area contributed by atoms with E-state index in [1.54, 1.807) is 12.1 Å². The normalized spacial score (nSPS) is 10.4. The number of halogens is 2. The highest BCUT2D eigenvalue weighted by Crippen LogP contribution is 2.35. The van der Waals surface area contributed by atoms with Crippen LogP contribution in [0.25, 0.3) is 0 Å². The van der Waals surface area contributed by atoms with Crippen molar-refractivity contribution in [1.82, 2.24) is 0 Å². The number of nitrogens with two attached hydrogens (primary N) is 1. The molecule has 0 saturated heterocycles. The molecule has 0 aromatic heterocycles. The van der Waals surface area contributed by atoms with Gasteiger partial charge in [-0.05, 0) is 30.3 Å². The zero-order valence-electron chi connectivity index (χ0n) is 9.61. The van der Waals surface area contributed by atoms with E-state index in [1.807, 2.05) is 0 Å². The monoisotopic (exact) mass is 267 g/mol. The zero-order valence-corrected chi connectivity index (χ0v) is 10.4. The maximum absolute atomic E-state index is 13.4. The number of methoxy groups -OCH3 is 1. The number of hydrogen-bond acceptors (Lipinski definition) is 3. The smallest absolute Gasteiger partial charge is 0.167 e. The molecule has 2 N–H and O–H groups in total. The first kappa shape index (κ1) is 12.7. The summed E-state index contributed by atoms with van der Waals surface area (Å²) in [4.78, 5) is 1.48. The summed E-state index contributed by atoms with van der Waals surface area (Å²) in [5.74, 6) is -0.670. The highest BCUT2D eigenvalue weighted by Gasteiger charge is 2.09. The fourth-order valence-corrected chi connectivity index (χ4v) is 2.29. The molecular formula is C13H11F2NOS. The molecule has 0 saturated carbocycles. The Bertz CT molecular complexity index is 558. The molecule has 2 aromatic carbocycles. The Morgan fingerprint density at radius 2 is 1.78 bits per heavy atom. The molecule has 18 heavy (non-hydrogen) atoms. The van der Waals surface area contributed by atoms with Crippen LogP contribution in [0.2, 0.25) is 0 Å². The van der Waals surface area contributed by atoms with Crippen molar-refractivity contribution in [1.29, 1.82) is 0 Å². The second kappa shape index (κ2) is 5.27. The van der Waals surface area contributed by atoms with Gasteiger partial charge in [-0.3, -0.25) is 0 Å². The Kier molecular flexibility index (Phi) is 3.72. The molecule has 0 radical (unpaired) electrons. The van der Waals surface area contributed by atoms with E-state index in [1.165, 1.54) is 43.1 Å². The van der Waals surface area contributed by atoms with E-state index < -0.39 is 5.82 Å². The van der Waals surface area contributed by atoms with Crippen LogP contribution < -0.4 is 10.5 Å². The van der Waals surface area contributed by atoms with Gasteiger partial charge >= 0.3 is 0 Å². The molecule has 0 unspecified atom stereocenters. The Morgan fingerprint density at radius 1 is 1.11 bits per heavy atom. The average molecular weight is 267 g/mol. The lowest BCUT2D eigenvalue weighted by Crippen LogP contribution is -1.94. The first-order valence-electron chi connectivity index (χ1n) is 5.16. The van der Waals surface area contributed by atoms with Crippen molar-refractivity contribution in [2.45, 2.75) is 9.79 Å². The molecule has 0 bridgehead atoms. The van der Waals surface area contributed by atoms with E-state index >= 15 is 0 Å². The summed E-state index contributed by atoms with van der Waals surface area (Å²) in [6.45, 7) is 0. The van der Waals surface area contributed by atoms with E-state index in [4.69, 9.17) is 10.5 Å². The van der Waals surface area contributed by atoms with Crippen LogP contribution >= 0.6 is 11.8 Å². The highest BCUT2D eigenvalue weighted by molar-refractivity contribution is 7.99. The Hall–Kier alpha value is -1.75. The Labute approximate surface area is 108 Å². The summed E-state index contributed by atoms with van der Waals surface area (Å²) >= 11 is 1.32. The number of nitrogen functional groups attached to an aromatic ring is 1. The van der Waals surface area contributed by atoms with Crippen molar-refractivity contribution in [2.24, 2.45) is 0 Å². The summed E-state index contributed by atoms with van der Waals surface area (Å²) < 4.78 is 31.0. The molecule has 5 heteroatoms. The van der Waals surface area contributed by atoms with Gasteiger partial charge in [-0.1, -0.05) is 11.8 Å². The van der Waals surface area contributed by atoms with Gasteiger partial charge in [0, 0.05) is 21.5 Å². The lowest BCUT2D eigenvalue weighted by molar-refractivity contribution is 0.385. The van der Waals surface area contributed by atoms with Crippen molar-refractivity contribution in [3.63, 3.8) is 0 Å². The van der Waals surface area contributed by atoms with Crippen LogP contribution in [0.5, 0.6) is 5.75 Å². The molecule has 0 spiro atoms. The van der Waals surface area contributed by atoms with Gasteiger partial charge < -0.3 is 10.5 Å². The van der Waals surface area contributed by atoms with Crippen LogP contribution in [0, 0.1) is 11.6 Å². The third-order valence-electron chi connectivity index (χ3n) is 2.33. The van der Waals surface area contributed by atoms with E-state index in [0.717, 1.165) is 4.90 Å². The fraction of sp³-hybridized carbons (Fsp3) is 0.0769. The maximum atomic E-state index is 13.4. The van der Waals surface area contributed by atoms with Gasteiger partial charge in [0.1, 0.15) is 5.82 Å². The number of rotatable bonds is 3. The Morgan fingerprint density at radius 3 is 2.39 bits per heavy atom. The second-order valence-electron chi connectivity index (χ2n) is 3.58. The maximum Gasteiger partial charge on any atom is 0.167 e. The summed E-state index contributed by atoms with van der Waals surface area (Å²) in [5.41, 5.74) is 6.05. The van der Waals surface area contributed by atoms with Gasteiger partial charge in [0.25, 0.3) is 0 Å². The first-order chi connectivity index (χ1) is 8.60. The van der Waals surface area contributed by atoms with Crippen LogP contribution in [0.1, 0.15) is 0 Å². The molecule has 0 fully saturated rings. The van der Waals surface area contributed by atoms with Gasteiger partial charge in [0.05, 0.1) is 7.11 Å². The largest absolute Gasteiger partial charge is 0.494 e. The molecule has 0 aliphatic rings. The molecule has 2 rings (SSSR count). The van der Waals surface area contributed by atoms with E-state index in [2.05, 4.69) is 0 Å². The van der Waals surface area contributed by atoms with Crippen LogP contribution in [-0.2, 0) is 0 Å². The molecule has 2 aromatic rings. The molecule has 2 nitrogen and oxygen atoms in total. The number of hydrogen-bond donors (Lipinski definition) is 1. The molecular weight excluding hydrogens is 256 g/mol. The lowest BCUT2D eigenvalue weighted by Gasteiger charge is -2.09. The zero-order chi connectivity index (χ0) is 13.1. The predicted octanol–water partition coefficient (Wildman–Crippen LogP) is 3.71. The van der Waals surface area contributed by atoms with E-state index in [9.17, 15) is 8.78 Å². The standard InChI is InChI=1S/C13H11F2NOS/c1-17-12-7-13(11(16)6-10(12)15)18-9-4-2-8(14)3-5-9/h2-7H,16H2,1H3. The third-order valence-corrected chi connectivity index (χ3v) is 3.41. The third kappa shape index (κ3) is 2.73. The van der Waals surface area contributed by atoms with Crippen LogP contribution in [0.4, 0.5) is 14.5 Å². The summed E-state index contributed by atoms with van der Waals surface area (Å²) in [6.07, 6.45) is 0. The minimum absolute atomic E-state index is 0.133.